The van der Waals surface area contributed by atoms with Gasteiger partial charge in [0.25, 0.3) is 0 Å². The molecule has 0 aliphatic heterocycles. The lowest BCUT2D eigenvalue weighted by molar-refractivity contribution is -0.141. The van der Waals surface area contributed by atoms with Crippen molar-refractivity contribution < 1.29 is 19.4 Å². The van der Waals surface area contributed by atoms with E-state index in [-0.39, 0.29) is 0 Å². The summed E-state index contributed by atoms with van der Waals surface area (Å²) in [5.74, 6) is -0.334. The lowest BCUT2D eigenvalue weighted by atomic mass is 9.87. The second-order valence-corrected chi connectivity index (χ2v) is 6.06. The maximum Gasteiger partial charge on any atom is 0.326 e. The van der Waals surface area contributed by atoms with Gasteiger partial charge in [-0.3, -0.25) is 0 Å². The molecular formula is C13H24N2O4. The van der Waals surface area contributed by atoms with Gasteiger partial charge in [-0.15, -0.1) is 0 Å². The van der Waals surface area contributed by atoms with E-state index >= 15 is 0 Å². The number of urea groups is 1. The molecular weight excluding hydrogens is 248 g/mol. The van der Waals surface area contributed by atoms with E-state index in [2.05, 4.69) is 10.6 Å². The van der Waals surface area contributed by atoms with Crippen LogP contribution in [0.2, 0.25) is 0 Å². The normalized spacial score (nSPS) is 16.8. The van der Waals surface area contributed by atoms with E-state index in [4.69, 9.17) is 9.84 Å². The smallest absolute Gasteiger partial charge is 0.326 e. The topological polar surface area (TPSA) is 87.7 Å². The van der Waals surface area contributed by atoms with Gasteiger partial charge in [0.15, 0.2) is 0 Å². The Morgan fingerprint density at radius 2 is 2.00 bits per heavy atom. The zero-order valence-electron chi connectivity index (χ0n) is 11.9. The van der Waals surface area contributed by atoms with Crippen molar-refractivity contribution in [3.63, 3.8) is 0 Å². The molecule has 1 aliphatic rings. The largest absolute Gasteiger partial charge is 0.480 e. The molecule has 2 amide bonds. The second-order valence-electron chi connectivity index (χ2n) is 6.06. The van der Waals surface area contributed by atoms with E-state index < -0.39 is 23.5 Å². The Balaban J connectivity index is 2.18. The lowest BCUT2D eigenvalue weighted by Crippen LogP contribution is -2.52. The summed E-state index contributed by atoms with van der Waals surface area (Å²) in [5, 5.41) is 14.1. The lowest BCUT2D eigenvalue weighted by Gasteiger charge is -2.27. The molecule has 0 aromatic carbocycles. The van der Waals surface area contributed by atoms with E-state index in [9.17, 15) is 9.59 Å². The Morgan fingerprint density at radius 3 is 2.47 bits per heavy atom. The van der Waals surface area contributed by atoms with E-state index in [1.807, 2.05) is 0 Å². The number of carboxylic acid groups (broad SMARTS) is 1. The standard InChI is InChI=1S/C13H24N2O4/c1-13(2,3)10(11(16)17)15-12(18)14-6-7-19-8-9-4-5-9/h9-10H,4-8H2,1-3H3,(H,16,17)(H2,14,15,18)/t10-/m1/s1. The van der Waals surface area contributed by atoms with Gasteiger partial charge in [0.05, 0.1) is 6.61 Å². The summed E-state index contributed by atoms with van der Waals surface area (Å²) < 4.78 is 5.37. The van der Waals surface area contributed by atoms with Crippen LogP contribution in [-0.2, 0) is 9.53 Å². The van der Waals surface area contributed by atoms with Crippen LogP contribution in [0.25, 0.3) is 0 Å². The molecule has 0 radical (unpaired) electrons. The fraction of sp³-hybridized carbons (Fsp3) is 0.846. The van der Waals surface area contributed by atoms with Crippen LogP contribution in [0.4, 0.5) is 4.79 Å². The summed E-state index contributed by atoms with van der Waals surface area (Å²) in [6.07, 6.45) is 2.47. The molecule has 0 aromatic heterocycles. The van der Waals surface area contributed by atoms with E-state index in [0.29, 0.717) is 19.1 Å². The molecule has 1 atom stereocenters. The highest BCUT2D eigenvalue weighted by Gasteiger charge is 2.32. The van der Waals surface area contributed by atoms with Gasteiger partial charge >= 0.3 is 12.0 Å². The van der Waals surface area contributed by atoms with E-state index in [1.54, 1.807) is 20.8 Å². The minimum absolute atomic E-state index is 0.384. The number of carboxylic acids is 1. The molecule has 3 N–H and O–H groups in total. The fourth-order valence-corrected chi connectivity index (χ4v) is 1.60. The number of amides is 2. The first kappa shape index (κ1) is 15.8. The van der Waals surface area contributed by atoms with Crippen LogP contribution in [0.5, 0.6) is 0 Å². The van der Waals surface area contributed by atoms with Crippen molar-refractivity contribution in [3.8, 4) is 0 Å². The van der Waals surface area contributed by atoms with Gasteiger partial charge in [-0.05, 0) is 24.2 Å². The Labute approximate surface area is 113 Å². The molecule has 19 heavy (non-hydrogen) atoms. The van der Waals surface area contributed by atoms with Crippen LogP contribution in [0.15, 0.2) is 0 Å². The van der Waals surface area contributed by atoms with Crippen molar-refractivity contribution in [3.05, 3.63) is 0 Å². The van der Waals surface area contributed by atoms with Crippen molar-refractivity contribution in [1.29, 1.82) is 0 Å². The average molecular weight is 272 g/mol. The highest BCUT2D eigenvalue weighted by Crippen LogP contribution is 2.28. The number of nitrogens with one attached hydrogen (secondary N) is 2. The Morgan fingerprint density at radius 1 is 1.37 bits per heavy atom. The SMILES string of the molecule is CC(C)(C)[C@H](NC(=O)NCCOCC1CC1)C(=O)O. The summed E-state index contributed by atoms with van der Waals surface area (Å²) in [6.45, 7) is 6.90. The number of rotatable bonds is 7. The quantitative estimate of drug-likeness (QED) is 0.608. The van der Waals surface area contributed by atoms with Crippen molar-refractivity contribution in [2.45, 2.75) is 39.7 Å². The predicted octanol–water partition coefficient (Wildman–Crippen LogP) is 1.21. The first-order valence-electron chi connectivity index (χ1n) is 6.65. The maximum atomic E-state index is 11.6. The summed E-state index contributed by atoms with van der Waals surface area (Å²) in [4.78, 5) is 22.6. The number of ether oxygens (including phenoxy) is 1. The van der Waals surface area contributed by atoms with Crippen molar-refractivity contribution >= 4 is 12.0 Å². The molecule has 0 aromatic rings. The Kier molecular flexibility index (Phi) is 5.60. The molecule has 6 heteroatoms. The van der Waals surface area contributed by atoms with Gasteiger partial charge in [-0.25, -0.2) is 9.59 Å². The monoisotopic (exact) mass is 272 g/mol. The predicted molar refractivity (Wildman–Crippen MR) is 71.0 cm³/mol. The zero-order valence-corrected chi connectivity index (χ0v) is 11.9. The third-order valence-corrected chi connectivity index (χ3v) is 2.97. The van der Waals surface area contributed by atoms with Gasteiger partial charge in [-0.2, -0.15) is 0 Å². The molecule has 1 saturated carbocycles. The van der Waals surface area contributed by atoms with Gasteiger partial charge in [-0.1, -0.05) is 20.8 Å². The van der Waals surface area contributed by atoms with Crippen LogP contribution in [-0.4, -0.2) is 42.9 Å². The number of carbonyl (C=O) groups excluding carboxylic acids is 1. The molecule has 1 rings (SSSR count). The van der Waals surface area contributed by atoms with Crippen molar-refractivity contribution in [2.24, 2.45) is 11.3 Å². The van der Waals surface area contributed by atoms with Crippen LogP contribution < -0.4 is 10.6 Å². The third kappa shape index (κ3) is 6.42. The Bertz CT molecular complexity index is 321. The number of hydrogen-bond donors (Lipinski definition) is 3. The molecule has 1 aliphatic carbocycles. The zero-order chi connectivity index (χ0) is 14.5. The third-order valence-electron chi connectivity index (χ3n) is 2.97. The van der Waals surface area contributed by atoms with Crippen LogP contribution >= 0.6 is 0 Å². The molecule has 1 fully saturated rings. The second kappa shape index (κ2) is 6.75. The van der Waals surface area contributed by atoms with Crippen molar-refractivity contribution in [1.82, 2.24) is 10.6 Å². The molecule has 0 spiro atoms. The number of hydrogen-bond acceptors (Lipinski definition) is 3. The van der Waals surface area contributed by atoms with Gasteiger partial charge in [0, 0.05) is 13.2 Å². The minimum Gasteiger partial charge on any atom is -0.480 e. The highest BCUT2D eigenvalue weighted by atomic mass is 16.5. The number of aliphatic carboxylic acids is 1. The van der Waals surface area contributed by atoms with Gasteiger partial charge in [0.1, 0.15) is 6.04 Å². The van der Waals surface area contributed by atoms with Crippen LogP contribution in [0.3, 0.4) is 0 Å². The van der Waals surface area contributed by atoms with Crippen LogP contribution in [0.1, 0.15) is 33.6 Å². The molecule has 0 bridgehead atoms. The first-order valence-corrected chi connectivity index (χ1v) is 6.65. The molecule has 6 nitrogen and oxygen atoms in total. The molecule has 0 saturated heterocycles. The maximum absolute atomic E-state index is 11.6. The van der Waals surface area contributed by atoms with Crippen molar-refractivity contribution in [2.75, 3.05) is 19.8 Å². The van der Waals surface area contributed by atoms with E-state index in [1.165, 1.54) is 12.8 Å². The first-order chi connectivity index (χ1) is 8.80. The van der Waals surface area contributed by atoms with Gasteiger partial charge in [0.2, 0.25) is 0 Å². The fourth-order valence-electron chi connectivity index (χ4n) is 1.60. The molecule has 110 valence electrons. The Hall–Kier alpha value is -1.30. The van der Waals surface area contributed by atoms with Crippen LogP contribution in [0, 0.1) is 11.3 Å². The summed E-state index contributed by atoms with van der Waals surface area (Å²) in [7, 11) is 0. The average Bonchev–Trinajstić information content (AvgIpc) is 3.07. The molecule has 0 unspecified atom stereocenters. The number of carbonyl (C=O) groups is 2. The highest BCUT2D eigenvalue weighted by molar-refractivity contribution is 5.83. The summed E-state index contributed by atoms with van der Waals surface area (Å²) in [6, 6.07) is -1.39. The summed E-state index contributed by atoms with van der Waals surface area (Å²) >= 11 is 0. The van der Waals surface area contributed by atoms with Gasteiger partial charge < -0.3 is 20.5 Å². The molecule has 0 heterocycles. The van der Waals surface area contributed by atoms with E-state index in [0.717, 1.165) is 6.61 Å². The summed E-state index contributed by atoms with van der Waals surface area (Å²) in [5.41, 5.74) is -0.536. The minimum atomic E-state index is -1.03.